The molecule has 1 aliphatic rings. The van der Waals surface area contributed by atoms with Gasteiger partial charge in [-0.2, -0.15) is 5.26 Å². The summed E-state index contributed by atoms with van der Waals surface area (Å²) in [4.78, 5) is 2.29. The zero-order chi connectivity index (χ0) is 16.9. The van der Waals surface area contributed by atoms with Gasteiger partial charge in [0, 0.05) is 30.7 Å². The van der Waals surface area contributed by atoms with Crippen LogP contribution in [0.4, 0.5) is 5.69 Å². The van der Waals surface area contributed by atoms with E-state index < -0.39 is 0 Å². The van der Waals surface area contributed by atoms with Crippen LogP contribution in [0, 0.1) is 11.3 Å². The molecule has 6 heteroatoms. The third-order valence-corrected chi connectivity index (χ3v) is 4.58. The van der Waals surface area contributed by atoms with Crippen molar-refractivity contribution in [3.8, 4) is 11.8 Å². The molecular weight excluding hydrogens is 345 g/mol. The Kier molecular flexibility index (Phi) is 5.47. The summed E-state index contributed by atoms with van der Waals surface area (Å²) in [5, 5.41) is 13.4. The lowest BCUT2D eigenvalue weighted by atomic mass is 10.0. The van der Waals surface area contributed by atoms with Crippen LogP contribution in [0.2, 0.25) is 10.0 Å². The molecule has 3 rings (SSSR count). The Balaban J connectivity index is 1.88. The third-order valence-electron chi connectivity index (χ3n) is 4.03. The van der Waals surface area contributed by atoms with Gasteiger partial charge in [0.1, 0.15) is 11.8 Å². The van der Waals surface area contributed by atoms with Gasteiger partial charge >= 0.3 is 0 Å². The average molecular weight is 362 g/mol. The molecule has 0 radical (unpaired) electrons. The van der Waals surface area contributed by atoms with E-state index in [1.54, 1.807) is 6.07 Å². The van der Waals surface area contributed by atoms with Crippen molar-refractivity contribution in [2.24, 2.45) is 0 Å². The summed E-state index contributed by atoms with van der Waals surface area (Å²) in [7, 11) is 0. The van der Waals surface area contributed by atoms with Gasteiger partial charge in [0.25, 0.3) is 0 Å². The summed E-state index contributed by atoms with van der Waals surface area (Å²) >= 11 is 12.5. The third kappa shape index (κ3) is 3.76. The van der Waals surface area contributed by atoms with E-state index in [0.717, 1.165) is 30.3 Å². The number of anilines is 1. The van der Waals surface area contributed by atoms with Crippen LogP contribution in [0.5, 0.6) is 5.75 Å². The Morgan fingerprint density at radius 2 is 2.00 bits per heavy atom. The number of nitrogens with zero attached hydrogens (tertiary/aromatic N) is 2. The number of hydrogen-bond donors (Lipinski definition) is 1. The number of piperazine rings is 1. The standard InChI is InChI=1S/C18H17Cl2N3O/c19-14-3-1-13(2-4-14)18-12-22-8-9-23(18)17-6-5-15(11-16(17)20)24-10-7-21/h1-6,11,18,22H,8-10,12H2/t18-/m0/s1. The highest BCUT2D eigenvalue weighted by Crippen LogP contribution is 2.36. The number of benzene rings is 2. The van der Waals surface area contributed by atoms with Crippen molar-refractivity contribution >= 4 is 28.9 Å². The first kappa shape index (κ1) is 16.9. The molecule has 24 heavy (non-hydrogen) atoms. The maximum atomic E-state index is 8.60. The van der Waals surface area contributed by atoms with Gasteiger partial charge in [-0.05, 0) is 29.8 Å². The van der Waals surface area contributed by atoms with Crippen LogP contribution < -0.4 is 15.0 Å². The van der Waals surface area contributed by atoms with Gasteiger partial charge in [0.05, 0.1) is 16.8 Å². The molecular formula is C18H17Cl2N3O. The summed E-state index contributed by atoms with van der Waals surface area (Å²) in [6.07, 6.45) is 0. The van der Waals surface area contributed by atoms with Crippen molar-refractivity contribution in [1.82, 2.24) is 5.32 Å². The van der Waals surface area contributed by atoms with Crippen molar-refractivity contribution in [2.45, 2.75) is 6.04 Å². The molecule has 0 spiro atoms. The minimum atomic E-state index is 0.0106. The number of nitrogens with one attached hydrogen (secondary N) is 1. The van der Waals surface area contributed by atoms with Gasteiger partial charge in [-0.1, -0.05) is 35.3 Å². The highest BCUT2D eigenvalue weighted by atomic mass is 35.5. The number of nitriles is 1. The number of rotatable bonds is 4. The van der Waals surface area contributed by atoms with E-state index in [2.05, 4.69) is 10.2 Å². The molecule has 1 heterocycles. The van der Waals surface area contributed by atoms with Gasteiger partial charge in [-0.25, -0.2) is 0 Å². The van der Waals surface area contributed by atoms with Crippen molar-refractivity contribution in [1.29, 1.82) is 5.26 Å². The second kappa shape index (κ2) is 7.76. The molecule has 0 aliphatic carbocycles. The zero-order valence-electron chi connectivity index (χ0n) is 13.0. The van der Waals surface area contributed by atoms with Crippen LogP contribution in [0.1, 0.15) is 11.6 Å². The highest BCUT2D eigenvalue weighted by molar-refractivity contribution is 6.33. The molecule has 2 aromatic rings. The molecule has 1 N–H and O–H groups in total. The van der Waals surface area contributed by atoms with E-state index in [1.165, 1.54) is 5.56 Å². The Labute approximate surface area is 151 Å². The molecule has 1 saturated heterocycles. The normalized spacial score (nSPS) is 17.4. The zero-order valence-corrected chi connectivity index (χ0v) is 14.5. The van der Waals surface area contributed by atoms with Crippen LogP contribution in [-0.2, 0) is 0 Å². The van der Waals surface area contributed by atoms with Gasteiger partial charge in [-0.15, -0.1) is 0 Å². The van der Waals surface area contributed by atoms with E-state index in [0.29, 0.717) is 10.8 Å². The largest absolute Gasteiger partial charge is 0.479 e. The fourth-order valence-electron chi connectivity index (χ4n) is 2.90. The van der Waals surface area contributed by atoms with Crippen molar-refractivity contribution in [2.75, 3.05) is 31.1 Å². The van der Waals surface area contributed by atoms with Gasteiger partial charge in [-0.3, -0.25) is 0 Å². The lowest BCUT2D eigenvalue weighted by Crippen LogP contribution is -2.46. The Hall–Kier alpha value is -1.93. The highest BCUT2D eigenvalue weighted by Gasteiger charge is 2.25. The number of ether oxygens (including phenoxy) is 1. The van der Waals surface area contributed by atoms with Crippen molar-refractivity contribution in [3.05, 3.63) is 58.1 Å². The Bertz CT molecular complexity index is 743. The maximum absolute atomic E-state index is 8.60. The summed E-state index contributed by atoms with van der Waals surface area (Å²) in [6.45, 7) is 2.60. The molecule has 0 saturated carbocycles. The average Bonchev–Trinajstić information content (AvgIpc) is 2.61. The lowest BCUT2D eigenvalue weighted by Gasteiger charge is -2.39. The second-order valence-electron chi connectivity index (χ2n) is 5.52. The van der Waals surface area contributed by atoms with E-state index >= 15 is 0 Å². The Morgan fingerprint density at radius 3 is 2.71 bits per heavy atom. The van der Waals surface area contributed by atoms with Crippen molar-refractivity contribution in [3.63, 3.8) is 0 Å². The summed E-state index contributed by atoms with van der Waals surface area (Å²) in [5.41, 5.74) is 2.15. The van der Waals surface area contributed by atoms with E-state index in [-0.39, 0.29) is 12.6 Å². The van der Waals surface area contributed by atoms with E-state index in [9.17, 15) is 0 Å². The molecule has 4 nitrogen and oxygen atoms in total. The number of hydrogen-bond acceptors (Lipinski definition) is 4. The second-order valence-corrected chi connectivity index (χ2v) is 6.37. The fourth-order valence-corrected chi connectivity index (χ4v) is 3.31. The predicted octanol–water partition coefficient (Wildman–Crippen LogP) is 4.05. The van der Waals surface area contributed by atoms with E-state index in [1.807, 2.05) is 42.5 Å². The molecule has 0 bridgehead atoms. The topological polar surface area (TPSA) is 48.3 Å². The predicted molar refractivity (Wildman–Crippen MR) is 97.0 cm³/mol. The number of halogens is 2. The molecule has 0 amide bonds. The van der Waals surface area contributed by atoms with Crippen LogP contribution in [0.15, 0.2) is 42.5 Å². The minimum Gasteiger partial charge on any atom is -0.479 e. The molecule has 1 fully saturated rings. The molecule has 2 aromatic carbocycles. The minimum absolute atomic E-state index is 0.0106. The van der Waals surface area contributed by atoms with Crippen LogP contribution >= 0.6 is 23.2 Å². The first-order chi connectivity index (χ1) is 11.7. The van der Waals surface area contributed by atoms with E-state index in [4.69, 9.17) is 33.2 Å². The fraction of sp³-hybridized carbons (Fsp3) is 0.278. The quantitative estimate of drug-likeness (QED) is 0.892. The van der Waals surface area contributed by atoms with Crippen molar-refractivity contribution < 1.29 is 4.74 Å². The monoisotopic (exact) mass is 361 g/mol. The molecule has 124 valence electrons. The van der Waals surface area contributed by atoms with Crippen LogP contribution in [0.25, 0.3) is 0 Å². The van der Waals surface area contributed by atoms with Gasteiger partial charge in [0.15, 0.2) is 6.61 Å². The first-order valence-electron chi connectivity index (χ1n) is 7.71. The van der Waals surface area contributed by atoms with Gasteiger partial charge < -0.3 is 15.0 Å². The summed E-state index contributed by atoms with van der Waals surface area (Å²) < 4.78 is 5.31. The summed E-state index contributed by atoms with van der Waals surface area (Å²) in [5.74, 6) is 0.600. The lowest BCUT2D eigenvalue weighted by molar-refractivity contribution is 0.368. The Morgan fingerprint density at radius 1 is 1.21 bits per heavy atom. The molecule has 1 atom stereocenters. The van der Waals surface area contributed by atoms with Crippen LogP contribution in [-0.4, -0.2) is 26.2 Å². The SMILES string of the molecule is N#CCOc1ccc(N2CCNC[C@H]2c2ccc(Cl)cc2)c(Cl)c1. The smallest absolute Gasteiger partial charge is 0.174 e. The summed E-state index contributed by atoms with van der Waals surface area (Å²) in [6, 6.07) is 15.6. The van der Waals surface area contributed by atoms with Gasteiger partial charge in [0.2, 0.25) is 0 Å². The molecule has 0 unspecified atom stereocenters. The van der Waals surface area contributed by atoms with Crippen LogP contribution in [0.3, 0.4) is 0 Å². The molecule has 0 aromatic heterocycles. The first-order valence-corrected chi connectivity index (χ1v) is 8.47. The maximum Gasteiger partial charge on any atom is 0.174 e. The molecule has 1 aliphatic heterocycles.